The van der Waals surface area contributed by atoms with Gasteiger partial charge in [-0.05, 0) is 19.4 Å². The van der Waals surface area contributed by atoms with Crippen LogP contribution in [-0.4, -0.2) is 39.5 Å². The summed E-state index contributed by atoms with van der Waals surface area (Å²) in [6.07, 6.45) is 7.68. The lowest BCUT2D eigenvalue weighted by Gasteiger charge is -2.06. The molecular weight excluding hydrogens is 214 g/mol. The highest BCUT2D eigenvalue weighted by atomic mass is 16.5. The Labute approximate surface area is 107 Å². The quantitative estimate of drug-likeness (QED) is 0.477. The van der Waals surface area contributed by atoms with Crippen LogP contribution in [0.3, 0.4) is 0 Å². The van der Waals surface area contributed by atoms with E-state index in [4.69, 9.17) is 9.47 Å². The van der Waals surface area contributed by atoms with Crippen molar-refractivity contribution in [3.05, 3.63) is 0 Å². The normalized spacial score (nSPS) is 10.9. The van der Waals surface area contributed by atoms with Crippen LogP contribution >= 0.6 is 0 Å². The zero-order valence-electron chi connectivity index (χ0n) is 11.8. The Kier molecular flexibility index (Phi) is 15.8. The van der Waals surface area contributed by atoms with E-state index in [-0.39, 0.29) is 0 Å². The highest BCUT2D eigenvalue weighted by Gasteiger charge is 1.91. The monoisotopic (exact) mass is 245 g/mol. The summed E-state index contributed by atoms with van der Waals surface area (Å²) in [5.74, 6) is 0. The molecule has 0 saturated heterocycles. The predicted molar refractivity (Wildman–Crippen MR) is 73.6 cm³/mol. The molecule has 0 spiro atoms. The molecule has 0 radical (unpaired) electrons. The number of ether oxygens (including phenoxy) is 2. The minimum absolute atomic E-state index is 0.725. The zero-order valence-corrected chi connectivity index (χ0v) is 11.8. The maximum atomic E-state index is 5.50. The van der Waals surface area contributed by atoms with Gasteiger partial charge in [-0.2, -0.15) is 0 Å². The van der Waals surface area contributed by atoms with Crippen LogP contribution in [0.1, 0.15) is 52.4 Å². The van der Waals surface area contributed by atoms with Gasteiger partial charge in [0.2, 0.25) is 0 Å². The molecule has 0 aromatic heterocycles. The Hall–Kier alpha value is -0.120. The fraction of sp³-hybridized carbons (Fsp3) is 1.00. The van der Waals surface area contributed by atoms with E-state index in [2.05, 4.69) is 19.2 Å². The van der Waals surface area contributed by atoms with Crippen molar-refractivity contribution >= 4 is 0 Å². The molecule has 3 nitrogen and oxygen atoms in total. The molecule has 0 aliphatic carbocycles. The van der Waals surface area contributed by atoms with Crippen molar-refractivity contribution < 1.29 is 9.47 Å². The van der Waals surface area contributed by atoms with E-state index < -0.39 is 0 Å². The van der Waals surface area contributed by atoms with E-state index in [0.29, 0.717) is 0 Å². The molecule has 0 rings (SSSR count). The third kappa shape index (κ3) is 15.9. The molecule has 0 bridgehead atoms. The molecule has 3 heteroatoms. The van der Waals surface area contributed by atoms with Crippen LogP contribution < -0.4 is 5.32 Å². The lowest BCUT2D eigenvalue weighted by Crippen LogP contribution is -2.21. The second-order valence-corrected chi connectivity index (χ2v) is 4.39. The fourth-order valence-electron chi connectivity index (χ4n) is 1.58. The number of unbranched alkanes of at least 4 members (excludes halogenated alkanes) is 4. The first-order valence-corrected chi connectivity index (χ1v) is 7.28. The molecule has 0 aliphatic heterocycles. The molecule has 0 atom stereocenters. The van der Waals surface area contributed by atoms with Gasteiger partial charge >= 0.3 is 0 Å². The van der Waals surface area contributed by atoms with Gasteiger partial charge in [-0.1, -0.05) is 39.5 Å². The zero-order chi connectivity index (χ0) is 12.6. The predicted octanol–water partition coefficient (Wildman–Crippen LogP) is 2.99. The minimum atomic E-state index is 0.725. The van der Waals surface area contributed by atoms with Gasteiger partial charge in [-0.15, -0.1) is 0 Å². The summed E-state index contributed by atoms with van der Waals surface area (Å²) in [7, 11) is 0. The topological polar surface area (TPSA) is 30.5 Å². The van der Waals surface area contributed by atoms with E-state index in [0.717, 1.165) is 39.5 Å². The molecule has 0 aliphatic rings. The molecule has 17 heavy (non-hydrogen) atoms. The Morgan fingerprint density at radius 1 is 0.647 bits per heavy atom. The van der Waals surface area contributed by atoms with Gasteiger partial charge in [0.1, 0.15) is 0 Å². The van der Waals surface area contributed by atoms with Gasteiger partial charge in [0.25, 0.3) is 0 Å². The lowest BCUT2D eigenvalue weighted by atomic mass is 10.2. The summed E-state index contributed by atoms with van der Waals surface area (Å²) in [6.45, 7) is 9.58. The molecule has 0 unspecified atom stereocenters. The van der Waals surface area contributed by atoms with Gasteiger partial charge in [0, 0.05) is 13.2 Å². The maximum absolute atomic E-state index is 5.50. The minimum Gasteiger partial charge on any atom is -0.379 e. The highest BCUT2D eigenvalue weighted by Crippen LogP contribution is 2.02. The van der Waals surface area contributed by atoms with Gasteiger partial charge in [0.05, 0.1) is 19.8 Å². The summed E-state index contributed by atoms with van der Waals surface area (Å²) >= 11 is 0. The Morgan fingerprint density at radius 3 is 2.06 bits per heavy atom. The Bertz CT molecular complexity index is 117. The van der Waals surface area contributed by atoms with E-state index in [1.165, 1.54) is 38.5 Å². The molecule has 0 heterocycles. The van der Waals surface area contributed by atoms with Crippen LogP contribution in [0, 0.1) is 0 Å². The van der Waals surface area contributed by atoms with Gasteiger partial charge in [-0.25, -0.2) is 0 Å². The van der Waals surface area contributed by atoms with E-state index in [9.17, 15) is 0 Å². The van der Waals surface area contributed by atoms with E-state index in [1.54, 1.807) is 0 Å². The SMILES string of the molecule is CCCCCCCOCCOCCNCCC. The van der Waals surface area contributed by atoms with Crippen LogP contribution in [-0.2, 0) is 9.47 Å². The molecule has 0 amide bonds. The van der Waals surface area contributed by atoms with Crippen LogP contribution in [0.15, 0.2) is 0 Å². The second-order valence-electron chi connectivity index (χ2n) is 4.39. The average Bonchev–Trinajstić information content (AvgIpc) is 2.35. The molecular formula is C14H31NO2. The highest BCUT2D eigenvalue weighted by molar-refractivity contribution is 4.44. The molecule has 0 aromatic rings. The van der Waals surface area contributed by atoms with E-state index in [1.807, 2.05) is 0 Å². The number of rotatable bonds is 14. The van der Waals surface area contributed by atoms with Crippen LogP contribution in [0.25, 0.3) is 0 Å². The summed E-state index contributed by atoms with van der Waals surface area (Å²) in [5, 5.41) is 3.30. The molecule has 0 fully saturated rings. The average molecular weight is 245 g/mol. The molecule has 1 N–H and O–H groups in total. The van der Waals surface area contributed by atoms with Crippen molar-refractivity contribution in [2.75, 3.05) is 39.5 Å². The van der Waals surface area contributed by atoms with Crippen LogP contribution in [0.4, 0.5) is 0 Å². The number of hydrogen-bond acceptors (Lipinski definition) is 3. The van der Waals surface area contributed by atoms with Crippen molar-refractivity contribution in [1.29, 1.82) is 0 Å². The summed E-state index contributed by atoms with van der Waals surface area (Å²) in [5.41, 5.74) is 0. The van der Waals surface area contributed by atoms with Crippen molar-refractivity contribution in [2.24, 2.45) is 0 Å². The summed E-state index contributed by atoms with van der Waals surface area (Å²) in [4.78, 5) is 0. The van der Waals surface area contributed by atoms with Crippen molar-refractivity contribution in [3.63, 3.8) is 0 Å². The first-order chi connectivity index (χ1) is 8.41. The third-order valence-electron chi connectivity index (χ3n) is 2.61. The van der Waals surface area contributed by atoms with Crippen molar-refractivity contribution in [1.82, 2.24) is 5.32 Å². The third-order valence-corrected chi connectivity index (χ3v) is 2.61. The smallest absolute Gasteiger partial charge is 0.0701 e. The molecule has 0 aromatic carbocycles. The molecule has 0 saturated carbocycles. The Morgan fingerprint density at radius 2 is 1.35 bits per heavy atom. The van der Waals surface area contributed by atoms with Gasteiger partial charge in [0.15, 0.2) is 0 Å². The molecule has 104 valence electrons. The maximum Gasteiger partial charge on any atom is 0.0701 e. The standard InChI is InChI=1S/C14H31NO2/c1-3-5-6-7-8-11-16-13-14-17-12-10-15-9-4-2/h15H,3-14H2,1-2H3. The van der Waals surface area contributed by atoms with E-state index >= 15 is 0 Å². The first kappa shape index (κ1) is 16.9. The van der Waals surface area contributed by atoms with Crippen molar-refractivity contribution in [3.8, 4) is 0 Å². The van der Waals surface area contributed by atoms with Crippen molar-refractivity contribution in [2.45, 2.75) is 52.4 Å². The lowest BCUT2D eigenvalue weighted by molar-refractivity contribution is 0.0474. The summed E-state index contributed by atoms with van der Waals surface area (Å²) in [6, 6.07) is 0. The van der Waals surface area contributed by atoms with Crippen LogP contribution in [0.2, 0.25) is 0 Å². The van der Waals surface area contributed by atoms with Gasteiger partial charge < -0.3 is 14.8 Å². The fourth-order valence-corrected chi connectivity index (χ4v) is 1.58. The van der Waals surface area contributed by atoms with Crippen LogP contribution in [0.5, 0.6) is 0 Å². The van der Waals surface area contributed by atoms with Gasteiger partial charge in [-0.3, -0.25) is 0 Å². The summed E-state index contributed by atoms with van der Waals surface area (Å²) < 4.78 is 10.9. The second kappa shape index (κ2) is 15.9. The number of hydrogen-bond donors (Lipinski definition) is 1. The first-order valence-electron chi connectivity index (χ1n) is 7.28. The Balaban J connectivity index is 2.85. The number of nitrogens with one attached hydrogen (secondary N) is 1. The largest absolute Gasteiger partial charge is 0.379 e.